The third-order valence-corrected chi connectivity index (χ3v) is 5.64. The predicted octanol–water partition coefficient (Wildman–Crippen LogP) is 4.73. The van der Waals surface area contributed by atoms with Crippen molar-refractivity contribution < 1.29 is 0 Å². The van der Waals surface area contributed by atoms with Gasteiger partial charge in [0, 0.05) is 12.7 Å². The molecule has 0 amide bonds. The first-order chi connectivity index (χ1) is 13.9. The quantitative estimate of drug-likeness (QED) is 0.534. The zero-order valence-corrected chi connectivity index (χ0v) is 16.7. The lowest BCUT2D eigenvalue weighted by Gasteiger charge is -2.35. The first kappa shape index (κ1) is 18.8. The number of pyridine rings is 1. The van der Waals surface area contributed by atoms with Gasteiger partial charge < -0.3 is 0 Å². The molecule has 5 nitrogen and oxygen atoms in total. The third-order valence-electron chi connectivity index (χ3n) is 5.64. The Bertz CT molecular complexity index is 873. The number of aromatic nitrogens is 4. The van der Waals surface area contributed by atoms with Gasteiger partial charge in [0.1, 0.15) is 0 Å². The van der Waals surface area contributed by atoms with Crippen LogP contribution in [-0.2, 0) is 13.0 Å². The second-order valence-electron chi connectivity index (χ2n) is 7.61. The standard InChI is InChI=1S/C23H29N5/c1-2-3-7-16-27(22-14-8-10-19-11-9-15-24-23(19)22)18-21-17-25-26-28(21)20-12-5-4-6-13-20/h4-6,9,11-13,15,17,22H,2-3,7-8,10,14,16,18H2,1H3. The molecule has 0 saturated heterocycles. The van der Waals surface area contributed by atoms with Crippen LogP contribution in [0.1, 0.15) is 62.0 Å². The van der Waals surface area contributed by atoms with Crippen LogP contribution in [0.3, 0.4) is 0 Å². The van der Waals surface area contributed by atoms with Gasteiger partial charge in [-0.1, -0.05) is 49.2 Å². The average molecular weight is 376 g/mol. The number of unbranched alkanes of at least 4 members (excludes halogenated alkanes) is 2. The van der Waals surface area contributed by atoms with Gasteiger partial charge in [-0.25, -0.2) is 4.68 Å². The summed E-state index contributed by atoms with van der Waals surface area (Å²) in [5.74, 6) is 0. The topological polar surface area (TPSA) is 46.8 Å². The summed E-state index contributed by atoms with van der Waals surface area (Å²) >= 11 is 0. The third kappa shape index (κ3) is 4.14. The molecule has 5 heteroatoms. The summed E-state index contributed by atoms with van der Waals surface area (Å²) in [6, 6.07) is 15.0. The number of aryl methyl sites for hydroxylation is 1. The summed E-state index contributed by atoms with van der Waals surface area (Å²) < 4.78 is 1.97. The number of nitrogens with zero attached hydrogens (tertiary/aromatic N) is 5. The Balaban J connectivity index is 1.61. The average Bonchev–Trinajstić information content (AvgIpc) is 3.22. The SMILES string of the molecule is CCCCCN(Cc1cnnn1-c1ccccc1)C1CCCc2cccnc21. The van der Waals surface area contributed by atoms with Crippen LogP contribution in [0.25, 0.3) is 5.69 Å². The Morgan fingerprint density at radius 3 is 2.86 bits per heavy atom. The molecule has 146 valence electrons. The van der Waals surface area contributed by atoms with E-state index in [-0.39, 0.29) is 0 Å². The van der Waals surface area contributed by atoms with Crippen molar-refractivity contribution in [3.63, 3.8) is 0 Å². The molecule has 1 aliphatic rings. The van der Waals surface area contributed by atoms with E-state index in [9.17, 15) is 0 Å². The van der Waals surface area contributed by atoms with Crippen LogP contribution in [0.2, 0.25) is 0 Å². The molecular formula is C23H29N5. The highest BCUT2D eigenvalue weighted by molar-refractivity contribution is 5.31. The number of hydrogen-bond acceptors (Lipinski definition) is 4. The van der Waals surface area contributed by atoms with Crippen LogP contribution in [0.15, 0.2) is 54.9 Å². The smallest absolute Gasteiger partial charge is 0.0786 e. The normalized spacial score (nSPS) is 16.3. The molecule has 0 spiro atoms. The van der Waals surface area contributed by atoms with Gasteiger partial charge in [0.25, 0.3) is 0 Å². The summed E-state index contributed by atoms with van der Waals surface area (Å²) in [4.78, 5) is 7.38. The van der Waals surface area contributed by atoms with Gasteiger partial charge in [-0.3, -0.25) is 9.88 Å². The Labute approximate surface area is 167 Å². The fraction of sp³-hybridized carbons (Fsp3) is 0.435. The van der Waals surface area contributed by atoms with Crippen molar-refractivity contribution in [3.8, 4) is 5.69 Å². The Hall–Kier alpha value is -2.53. The van der Waals surface area contributed by atoms with E-state index in [4.69, 9.17) is 4.98 Å². The van der Waals surface area contributed by atoms with E-state index in [1.54, 1.807) is 0 Å². The van der Waals surface area contributed by atoms with Gasteiger partial charge in [0.2, 0.25) is 0 Å². The second kappa shape index (κ2) is 9.11. The molecule has 1 aromatic carbocycles. The summed E-state index contributed by atoms with van der Waals surface area (Å²) in [6.45, 7) is 4.18. The molecule has 1 aliphatic carbocycles. The fourth-order valence-corrected chi connectivity index (χ4v) is 4.21. The summed E-state index contributed by atoms with van der Waals surface area (Å²) in [7, 11) is 0. The zero-order valence-electron chi connectivity index (χ0n) is 16.7. The fourth-order valence-electron chi connectivity index (χ4n) is 4.21. The number of fused-ring (bicyclic) bond motifs is 1. The van der Waals surface area contributed by atoms with Crippen molar-refractivity contribution in [2.75, 3.05) is 6.54 Å². The molecule has 3 aromatic rings. The molecule has 1 unspecified atom stereocenters. The van der Waals surface area contributed by atoms with Gasteiger partial charge in [-0.2, -0.15) is 0 Å². The maximum atomic E-state index is 4.78. The molecule has 2 aromatic heterocycles. The molecular weight excluding hydrogens is 346 g/mol. The van der Waals surface area contributed by atoms with Crippen LogP contribution in [0.5, 0.6) is 0 Å². The van der Waals surface area contributed by atoms with Crippen molar-refractivity contribution in [2.24, 2.45) is 0 Å². The number of hydrogen-bond donors (Lipinski definition) is 0. The number of para-hydroxylation sites is 1. The molecule has 2 heterocycles. The largest absolute Gasteiger partial charge is 0.289 e. The van der Waals surface area contributed by atoms with Gasteiger partial charge in [-0.05, 0) is 56.0 Å². The van der Waals surface area contributed by atoms with Crippen LogP contribution in [-0.4, -0.2) is 31.4 Å². The molecule has 4 rings (SSSR count). The molecule has 0 bridgehead atoms. The molecule has 0 saturated carbocycles. The summed E-state index contributed by atoms with van der Waals surface area (Å²) in [5.41, 5.74) is 4.87. The van der Waals surface area contributed by atoms with Crippen LogP contribution in [0.4, 0.5) is 0 Å². The van der Waals surface area contributed by atoms with Crippen LogP contribution in [0, 0.1) is 0 Å². The highest BCUT2D eigenvalue weighted by Crippen LogP contribution is 2.34. The highest BCUT2D eigenvalue weighted by atomic mass is 15.4. The Kier molecular flexibility index (Phi) is 6.12. The van der Waals surface area contributed by atoms with Crippen molar-refractivity contribution in [2.45, 2.75) is 58.0 Å². The van der Waals surface area contributed by atoms with Crippen molar-refractivity contribution in [1.82, 2.24) is 24.9 Å². The van der Waals surface area contributed by atoms with E-state index >= 15 is 0 Å². The number of benzene rings is 1. The van der Waals surface area contributed by atoms with Gasteiger partial charge >= 0.3 is 0 Å². The molecule has 0 aliphatic heterocycles. The molecule has 28 heavy (non-hydrogen) atoms. The van der Waals surface area contributed by atoms with E-state index < -0.39 is 0 Å². The van der Waals surface area contributed by atoms with Gasteiger partial charge in [0.05, 0.1) is 29.3 Å². The second-order valence-corrected chi connectivity index (χ2v) is 7.61. The van der Waals surface area contributed by atoms with E-state index in [0.29, 0.717) is 6.04 Å². The monoisotopic (exact) mass is 375 g/mol. The van der Waals surface area contributed by atoms with E-state index in [0.717, 1.165) is 30.9 Å². The minimum Gasteiger partial charge on any atom is -0.289 e. The lowest BCUT2D eigenvalue weighted by atomic mass is 9.90. The molecule has 0 radical (unpaired) electrons. The first-order valence-corrected chi connectivity index (χ1v) is 10.5. The highest BCUT2D eigenvalue weighted by Gasteiger charge is 2.27. The predicted molar refractivity (Wildman–Crippen MR) is 111 cm³/mol. The van der Waals surface area contributed by atoms with Crippen molar-refractivity contribution >= 4 is 0 Å². The summed E-state index contributed by atoms with van der Waals surface area (Å²) in [5, 5.41) is 8.56. The maximum absolute atomic E-state index is 4.78. The Morgan fingerprint density at radius 2 is 2.00 bits per heavy atom. The number of rotatable bonds is 8. The summed E-state index contributed by atoms with van der Waals surface area (Å²) in [6.07, 6.45) is 11.1. The van der Waals surface area contributed by atoms with E-state index in [1.807, 2.05) is 35.3 Å². The van der Waals surface area contributed by atoms with Gasteiger partial charge in [0.15, 0.2) is 0 Å². The molecule has 0 N–H and O–H groups in total. The minimum atomic E-state index is 0.376. The molecule has 0 fully saturated rings. The van der Waals surface area contributed by atoms with Crippen molar-refractivity contribution in [3.05, 3.63) is 71.8 Å². The minimum absolute atomic E-state index is 0.376. The lowest BCUT2D eigenvalue weighted by molar-refractivity contribution is 0.159. The zero-order chi connectivity index (χ0) is 19.2. The van der Waals surface area contributed by atoms with Crippen LogP contribution < -0.4 is 0 Å². The van der Waals surface area contributed by atoms with E-state index in [2.05, 4.69) is 46.4 Å². The molecule has 1 atom stereocenters. The van der Waals surface area contributed by atoms with Gasteiger partial charge in [-0.15, -0.1) is 5.10 Å². The van der Waals surface area contributed by atoms with Crippen LogP contribution >= 0.6 is 0 Å². The Morgan fingerprint density at radius 1 is 1.11 bits per heavy atom. The van der Waals surface area contributed by atoms with E-state index in [1.165, 1.54) is 43.4 Å². The lowest BCUT2D eigenvalue weighted by Crippen LogP contribution is -2.33. The van der Waals surface area contributed by atoms with Crippen molar-refractivity contribution in [1.29, 1.82) is 0 Å². The first-order valence-electron chi connectivity index (χ1n) is 10.5. The maximum Gasteiger partial charge on any atom is 0.0786 e.